The van der Waals surface area contributed by atoms with Gasteiger partial charge in [-0.3, -0.25) is 0 Å². The molecule has 0 saturated heterocycles. The fraction of sp³-hybridized carbons (Fsp3) is 0.0435. The summed E-state index contributed by atoms with van der Waals surface area (Å²) in [6.45, 7) is 0. The number of hydrogen-bond acceptors (Lipinski definition) is 2. The first-order valence-electron chi connectivity index (χ1n) is 17.2. The van der Waals surface area contributed by atoms with Crippen LogP contribution in [0.2, 0.25) is 0 Å². The van der Waals surface area contributed by atoms with E-state index in [0.717, 1.165) is 51.3 Å². The number of rotatable bonds is 5. The van der Waals surface area contributed by atoms with Crippen LogP contribution in [0.5, 0.6) is 0 Å². The molecule has 0 fully saturated rings. The van der Waals surface area contributed by atoms with E-state index in [-0.39, 0.29) is 5.92 Å². The molecule has 0 saturated carbocycles. The maximum Gasteiger partial charge on any atom is 0.162 e. The molecule has 4 heteroatoms. The first-order valence-corrected chi connectivity index (χ1v) is 17.2. The van der Waals surface area contributed by atoms with Gasteiger partial charge in [-0.25, -0.2) is 9.97 Å². The van der Waals surface area contributed by atoms with Gasteiger partial charge in [0.25, 0.3) is 0 Å². The summed E-state index contributed by atoms with van der Waals surface area (Å²) in [5, 5.41) is 4.91. The van der Waals surface area contributed by atoms with Crippen molar-refractivity contribution in [1.82, 2.24) is 19.1 Å². The Hall–Kier alpha value is -6.52. The molecule has 10 rings (SSSR count). The molecule has 0 amide bonds. The third kappa shape index (κ3) is 4.53. The van der Waals surface area contributed by atoms with Gasteiger partial charge in [-0.05, 0) is 55.0 Å². The number of allylic oxidation sites excluding steroid dienone is 4. The average molecular weight is 641 g/mol. The van der Waals surface area contributed by atoms with Gasteiger partial charge in [0.05, 0.1) is 39.1 Å². The smallest absolute Gasteiger partial charge is 0.162 e. The van der Waals surface area contributed by atoms with Crippen LogP contribution in [0, 0.1) is 0 Å². The zero-order valence-electron chi connectivity index (χ0n) is 27.3. The Labute approximate surface area is 289 Å². The van der Waals surface area contributed by atoms with Crippen LogP contribution >= 0.6 is 0 Å². The lowest BCUT2D eigenvalue weighted by Gasteiger charge is -2.19. The second-order valence-corrected chi connectivity index (χ2v) is 13.0. The van der Waals surface area contributed by atoms with Crippen molar-refractivity contribution in [3.63, 3.8) is 0 Å². The van der Waals surface area contributed by atoms with Gasteiger partial charge < -0.3 is 9.13 Å². The summed E-state index contributed by atoms with van der Waals surface area (Å²) in [6.07, 6.45) is 9.63. The highest BCUT2D eigenvalue weighted by atomic mass is 15.0. The quantitative estimate of drug-likeness (QED) is 0.188. The second kappa shape index (κ2) is 11.6. The highest BCUT2D eigenvalue weighted by Crippen LogP contribution is 2.39. The van der Waals surface area contributed by atoms with Crippen LogP contribution in [-0.2, 0) is 0 Å². The lowest BCUT2D eigenvalue weighted by atomic mass is 9.95. The maximum absolute atomic E-state index is 5.41. The molecule has 1 aliphatic rings. The van der Waals surface area contributed by atoms with E-state index in [1.54, 1.807) is 0 Å². The molecule has 9 aromatic rings. The Balaban J connectivity index is 1.31. The minimum absolute atomic E-state index is 0.168. The van der Waals surface area contributed by atoms with Gasteiger partial charge in [0.1, 0.15) is 0 Å². The molecule has 4 nitrogen and oxygen atoms in total. The van der Waals surface area contributed by atoms with E-state index >= 15 is 0 Å². The number of para-hydroxylation sites is 4. The summed E-state index contributed by atoms with van der Waals surface area (Å²) in [6, 6.07) is 54.1. The third-order valence-corrected chi connectivity index (χ3v) is 10.1. The Morgan fingerprint density at radius 3 is 1.64 bits per heavy atom. The Kier molecular flexibility index (Phi) is 6.59. The van der Waals surface area contributed by atoms with Crippen molar-refractivity contribution in [2.24, 2.45) is 0 Å². The molecule has 0 spiro atoms. The minimum atomic E-state index is 0.168. The number of hydrogen-bond donors (Lipinski definition) is 0. The molecule has 0 bridgehead atoms. The predicted molar refractivity (Wildman–Crippen MR) is 207 cm³/mol. The molecular weight excluding hydrogens is 609 g/mol. The van der Waals surface area contributed by atoms with Crippen LogP contribution in [0.1, 0.15) is 18.0 Å². The standard InChI is InChI=1S/C46H32N4/c1-3-15-31(16-4-1)39-30-40(32-17-5-2-6-18-32)48-46(47-39)38-29-33(49-41-23-11-7-19-34(41)35-20-8-12-24-42(35)49)27-28-45(38)50-43-25-13-9-21-36(43)37-22-10-14-26-44(37)50/h1-17,19-30,32H,18H2. The third-order valence-electron chi connectivity index (χ3n) is 10.1. The van der Waals surface area contributed by atoms with E-state index < -0.39 is 0 Å². The van der Waals surface area contributed by atoms with Gasteiger partial charge >= 0.3 is 0 Å². The van der Waals surface area contributed by atoms with Crippen LogP contribution in [0.3, 0.4) is 0 Å². The molecule has 0 radical (unpaired) electrons. The van der Waals surface area contributed by atoms with E-state index in [1.807, 2.05) is 0 Å². The highest BCUT2D eigenvalue weighted by molar-refractivity contribution is 6.11. The molecule has 3 aromatic heterocycles. The van der Waals surface area contributed by atoms with E-state index in [1.165, 1.54) is 32.6 Å². The van der Waals surface area contributed by atoms with Crippen molar-refractivity contribution in [1.29, 1.82) is 0 Å². The van der Waals surface area contributed by atoms with Crippen molar-refractivity contribution in [3.05, 3.63) is 182 Å². The molecule has 236 valence electrons. The second-order valence-electron chi connectivity index (χ2n) is 13.0. The largest absolute Gasteiger partial charge is 0.309 e. The zero-order chi connectivity index (χ0) is 33.0. The zero-order valence-corrected chi connectivity index (χ0v) is 27.3. The SMILES string of the molecule is C1=CCC(c2cc(-c3ccccc3)nc(-c3cc(-n4c5ccccc5c5ccccc54)ccc3-n3c4ccccc4c4ccccc43)n2)C=C1. The minimum Gasteiger partial charge on any atom is -0.309 e. The van der Waals surface area contributed by atoms with Gasteiger partial charge in [-0.1, -0.05) is 127 Å². The van der Waals surface area contributed by atoms with Gasteiger partial charge in [0.2, 0.25) is 0 Å². The van der Waals surface area contributed by atoms with E-state index in [0.29, 0.717) is 5.82 Å². The number of aromatic nitrogens is 4. The Morgan fingerprint density at radius 1 is 0.500 bits per heavy atom. The lowest BCUT2D eigenvalue weighted by molar-refractivity contribution is 0.811. The number of nitrogens with zero attached hydrogens (tertiary/aromatic N) is 4. The molecule has 1 atom stereocenters. The monoisotopic (exact) mass is 640 g/mol. The summed E-state index contributed by atoms with van der Waals surface area (Å²) in [7, 11) is 0. The first-order chi connectivity index (χ1) is 24.8. The summed E-state index contributed by atoms with van der Waals surface area (Å²) >= 11 is 0. The van der Waals surface area contributed by atoms with Crippen molar-refractivity contribution >= 4 is 43.6 Å². The normalized spacial score (nSPS) is 14.4. The molecule has 50 heavy (non-hydrogen) atoms. The van der Waals surface area contributed by atoms with Crippen LogP contribution in [-0.4, -0.2) is 19.1 Å². The van der Waals surface area contributed by atoms with Crippen molar-refractivity contribution in [2.75, 3.05) is 0 Å². The summed E-state index contributed by atoms with van der Waals surface area (Å²) in [4.78, 5) is 10.8. The summed E-state index contributed by atoms with van der Waals surface area (Å²) in [5.74, 6) is 0.880. The van der Waals surface area contributed by atoms with Crippen LogP contribution < -0.4 is 0 Å². The van der Waals surface area contributed by atoms with E-state index in [9.17, 15) is 0 Å². The molecular formula is C46H32N4. The fourth-order valence-electron chi connectivity index (χ4n) is 7.75. The van der Waals surface area contributed by atoms with Gasteiger partial charge in [-0.15, -0.1) is 0 Å². The van der Waals surface area contributed by atoms with E-state index in [4.69, 9.17) is 9.97 Å². The van der Waals surface area contributed by atoms with Gasteiger partial charge in [-0.2, -0.15) is 0 Å². The predicted octanol–water partition coefficient (Wildman–Crippen LogP) is 11.6. The Morgan fingerprint density at radius 2 is 1.06 bits per heavy atom. The van der Waals surface area contributed by atoms with Gasteiger partial charge in [0.15, 0.2) is 5.82 Å². The Bertz CT molecular complexity index is 2690. The number of benzene rings is 6. The average Bonchev–Trinajstić information content (AvgIpc) is 3.71. The molecule has 0 aliphatic heterocycles. The molecule has 1 aliphatic carbocycles. The van der Waals surface area contributed by atoms with Crippen LogP contribution in [0.4, 0.5) is 0 Å². The maximum atomic E-state index is 5.41. The molecule has 3 heterocycles. The highest BCUT2D eigenvalue weighted by Gasteiger charge is 2.22. The van der Waals surface area contributed by atoms with Crippen LogP contribution in [0.25, 0.3) is 77.6 Å². The first kappa shape index (κ1) is 28.5. The van der Waals surface area contributed by atoms with Gasteiger partial charge in [0, 0.05) is 44.3 Å². The lowest BCUT2D eigenvalue weighted by Crippen LogP contribution is -2.06. The molecule has 6 aromatic carbocycles. The van der Waals surface area contributed by atoms with Crippen molar-refractivity contribution < 1.29 is 0 Å². The molecule has 1 unspecified atom stereocenters. The molecule has 0 N–H and O–H groups in total. The van der Waals surface area contributed by atoms with Crippen molar-refractivity contribution in [3.8, 4) is 34.0 Å². The van der Waals surface area contributed by atoms with Crippen molar-refractivity contribution in [2.45, 2.75) is 12.3 Å². The topological polar surface area (TPSA) is 35.6 Å². The fourth-order valence-corrected chi connectivity index (χ4v) is 7.75. The van der Waals surface area contributed by atoms with Crippen LogP contribution in [0.15, 0.2) is 176 Å². The summed E-state index contributed by atoms with van der Waals surface area (Å²) < 4.78 is 4.76. The van der Waals surface area contributed by atoms with E-state index in [2.05, 4.69) is 185 Å². The summed E-state index contributed by atoms with van der Waals surface area (Å²) in [5.41, 5.74) is 10.7. The number of fused-ring (bicyclic) bond motifs is 6.